The molecule has 0 amide bonds. The van der Waals surface area contributed by atoms with Crippen LogP contribution in [0.5, 0.6) is 5.75 Å². The van der Waals surface area contributed by atoms with Crippen LogP contribution in [0.25, 0.3) is 0 Å². The molecule has 0 heterocycles. The van der Waals surface area contributed by atoms with E-state index in [0.717, 1.165) is 24.2 Å². The van der Waals surface area contributed by atoms with Crippen LogP contribution < -0.4 is 4.74 Å². The third kappa shape index (κ3) is 2.00. The van der Waals surface area contributed by atoms with Gasteiger partial charge in [-0.15, -0.1) is 0 Å². The number of aliphatic hydroxyl groups is 1. The maximum Gasteiger partial charge on any atom is 0.119 e. The number of rotatable bonds is 2. The van der Waals surface area contributed by atoms with E-state index >= 15 is 0 Å². The molecular formula is C13H18O2. The SMILES string of the molecule is CCOc1ccc2c(c1)[C@H](O)CCC2C. The summed E-state index contributed by atoms with van der Waals surface area (Å²) in [6.07, 6.45) is 1.63. The second kappa shape index (κ2) is 4.23. The van der Waals surface area contributed by atoms with Gasteiger partial charge in [0.15, 0.2) is 0 Å². The van der Waals surface area contributed by atoms with Crippen LogP contribution in [0.2, 0.25) is 0 Å². The second-order valence-corrected chi connectivity index (χ2v) is 4.22. The minimum Gasteiger partial charge on any atom is -0.494 e. The molecule has 2 rings (SSSR count). The van der Waals surface area contributed by atoms with E-state index < -0.39 is 0 Å². The van der Waals surface area contributed by atoms with Gasteiger partial charge < -0.3 is 9.84 Å². The Bertz CT molecular complexity index is 346. The Morgan fingerprint density at radius 3 is 2.87 bits per heavy atom. The molecule has 0 aromatic heterocycles. The van der Waals surface area contributed by atoms with Gasteiger partial charge in [0.05, 0.1) is 12.7 Å². The first kappa shape index (κ1) is 10.5. The van der Waals surface area contributed by atoms with E-state index in [4.69, 9.17) is 4.74 Å². The van der Waals surface area contributed by atoms with Crippen molar-refractivity contribution in [1.82, 2.24) is 0 Å². The Labute approximate surface area is 90.9 Å². The lowest BCUT2D eigenvalue weighted by atomic mass is 9.82. The van der Waals surface area contributed by atoms with Crippen molar-refractivity contribution in [3.63, 3.8) is 0 Å². The molecule has 1 N–H and O–H groups in total. The molecule has 0 saturated carbocycles. The van der Waals surface area contributed by atoms with E-state index in [0.29, 0.717) is 12.5 Å². The van der Waals surface area contributed by atoms with Gasteiger partial charge in [-0.1, -0.05) is 13.0 Å². The summed E-state index contributed by atoms with van der Waals surface area (Å²) in [7, 11) is 0. The summed E-state index contributed by atoms with van der Waals surface area (Å²) >= 11 is 0. The maximum absolute atomic E-state index is 9.92. The van der Waals surface area contributed by atoms with Gasteiger partial charge in [0.2, 0.25) is 0 Å². The van der Waals surface area contributed by atoms with E-state index in [2.05, 4.69) is 13.0 Å². The van der Waals surface area contributed by atoms with E-state index in [-0.39, 0.29) is 6.10 Å². The maximum atomic E-state index is 9.92. The summed E-state index contributed by atoms with van der Waals surface area (Å²) < 4.78 is 5.44. The van der Waals surface area contributed by atoms with E-state index in [1.807, 2.05) is 19.1 Å². The molecule has 0 radical (unpaired) electrons. The van der Waals surface area contributed by atoms with E-state index in [1.165, 1.54) is 5.56 Å². The van der Waals surface area contributed by atoms with Crippen LogP contribution in [0, 0.1) is 0 Å². The first-order valence-electron chi connectivity index (χ1n) is 5.67. The summed E-state index contributed by atoms with van der Waals surface area (Å²) in [4.78, 5) is 0. The van der Waals surface area contributed by atoms with Crippen LogP contribution in [-0.4, -0.2) is 11.7 Å². The average Bonchev–Trinajstić information content (AvgIpc) is 2.24. The summed E-state index contributed by atoms with van der Waals surface area (Å²) in [5.74, 6) is 1.42. The molecule has 0 bridgehead atoms. The molecule has 2 nitrogen and oxygen atoms in total. The first-order valence-corrected chi connectivity index (χ1v) is 5.67. The highest BCUT2D eigenvalue weighted by atomic mass is 16.5. The predicted octanol–water partition coefficient (Wildman–Crippen LogP) is 3.02. The van der Waals surface area contributed by atoms with Crippen molar-refractivity contribution in [3.8, 4) is 5.75 Å². The summed E-state index contributed by atoms with van der Waals surface area (Å²) in [6.45, 7) is 4.86. The smallest absolute Gasteiger partial charge is 0.119 e. The van der Waals surface area contributed by atoms with Gasteiger partial charge in [-0.3, -0.25) is 0 Å². The molecule has 2 heteroatoms. The molecule has 1 aliphatic rings. The zero-order valence-corrected chi connectivity index (χ0v) is 9.36. The molecule has 2 atom stereocenters. The Morgan fingerprint density at radius 1 is 1.33 bits per heavy atom. The number of hydrogen-bond acceptors (Lipinski definition) is 2. The number of hydrogen-bond donors (Lipinski definition) is 1. The van der Waals surface area contributed by atoms with Gasteiger partial charge in [-0.25, -0.2) is 0 Å². The fourth-order valence-electron chi connectivity index (χ4n) is 2.27. The van der Waals surface area contributed by atoms with Crippen LogP contribution in [0.3, 0.4) is 0 Å². The third-order valence-corrected chi connectivity index (χ3v) is 3.13. The molecule has 82 valence electrons. The number of aliphatic hydroxyl groups excluding tert-OH is 1. The highest BCUT2D eigenvalue weighted by molar-refractivity contribution is 5.40. The van der Waals surface area contributed by atoms with Gasteiger partial charge in [0.25, 0.3) is 0 Å². The standard InChI is InChI=1S/C13H18O2/c1-3-15-10-5-6-11-9(2)4-7-13(14)12(11)8-10/h5-6,8-9,13-14H,3-4,7H2,1-2H3/t9?,13-/m1/s1. The quantitative estimate of drug-likeness (QED) is 0.806. The predicted molar refractivity (Wildman–Crippen MR) is 60.2 cm³/mol. The molecule has 1 aliphatic carbocycles. The van der Waals surface area contributed by atoms with Crippen LogP contribution in [0.15, 0.2) is 18.2 Å². The first-order chi connectivity index (χ1) is 7.22. The molecule has 0 fully saturated rings. The Kier molecular flexibility index (Phi) is 2.96. The topological polar surface area (TPSA) is 29.5 Å². The lowest BCUT2D eigenvalue weighted by molar-refractivity contribution is 0.151. The van der Waals surface area contributed by atoms with Crippen LogP contribution >= 0.6 is 0 Å². The van der Waals surface area contributed by atoms with Crippen LogP contribution in [-0.2, 0) is 0 Å². The molecular weight excluding hydrogens is 188 g/mol. The fourth-order valence-corrected chi connectivity index (χ4v) is 2.27. The lowest BCUT2D eigenvalue weighted by Crippen LogP contribution is -2.12. The van der Waals surface area contributed by atoms with Crippen LogP contribution in [0.1, 0.15) is 49.8 Å². The number of benzene rings is 1. The Morgan fingerprint density at radius 2 is 2.13 bits per heavy atom. The monoisotopic (exact) mass is 206 g/mol. The minimum atomic E-state index is -0.309. The van der Waals surface area contributed by atoms with Crippen molar-refractivity contribution >= 4 is 0 Å². The third-order valence-electron chi connectivity index (χ3n) is 3.13. The molecule has 1 unspecified atom stereocenters. The van der Waals surface area contributed by atoms with Crippen molar-refractivity contribution in [2.75, 3.05) is 6.61 Å². The lowest BCUT2D eigenvalue weighted by Gasteiger charge is -2.26. The Hall–Kier alpha value is -1.02. The normalized spacial score (nSPS) is 24.7. The highest BCUT2D eigenvalue weighted by Gasteiger charge is 2.23. The molecule has 0 saturated heterocycles. The molecule has 0 spiro atoms. The number of fused-ring (bicyclic) bond motifs is 1. The van der Waals surface area contributed by atoms with Crippen molar-refractivity contribution in [1.29, 1.82) is 0 Å². The fraction of sp³-hybridized carbons (Fsp3) is 0.538. The zero-order chi connectivity index (χ0) is 10.8. The molecule has 1 aromatic rings. The van der Waals surface area contributed by atoms with Gasteiger partial charge in [-0.2, -0.15) is 0 Å². The molecule has 1 aromatic carbocycles. The summed E-state index contributed by atoms with van der Waals surface area (Å²) in [6, 6.07) is 6.07. The zero-order valence-electron chi connectivity index (χ0n) is 9.36. The Balaban J connectivity index is 2.36. The second-order valence-electron chi connectivity index (χ2n) is 4.22. The van der Waals surface area contributed by atoms with Crippen molar-refractivity contribution in [3.05, 3.63) is 29.3 Å². The van der Waals surface area contributed by atoms with Crippen molar-refractivity contribution < 1.29 is 9.84 Å². The highest BCUT2D eigenvalue weighted by Crippen LogP contribution is 2.38. The summed E-state index contributed by atoms with van der Waals surface area (Å²) in [5.41, 5.74) is 2.33. The van der Waals surface area contributed by atoms with E-state index in [9.17, 15) is 5.11 Å². The van der Waals surface area contributed by atoms with Crippen LogP contribution in [0.4, 0.5) is 0 Å². The average molecular weight is 206 g/mol. The molecule has 15 heavy (non-hydrogen) atoms. The van der Waals surface area contributed by atoms with Gasteiger partial charge in [-0.05, 0) is 48.9 Å². The largest absolute Gasteiger partial charge is 0.494 e. The number of ether oxygens (including phenoxy) is 1. The molecule has 0 aliphatic heterocycles. The van der Waals surface area contributed by atoms with Crippen molar-refractivity contribution in [2.24, 2.45) is 0 Å². The summed E-state index contributed by atoms with van der Waals surface area (Å²) in [5, 5.41) is 9.92. The van der Waals surface area contributed by atoms with Gasteiger partial charge in [0, 0.05) is 0 Å². The van der Waals surface area contributed by atoms with Gasteiger partial charge >= 0.3 is 0 Å². The minimum absolute atomic E-state index is 0.309. The van der Waals surface area contributed by atoms with Crippen molar-refractivity contribution in [2.45, 2.75) is 38.7 Å². The van der Waals surface area contributed by atoms with Gasteiger partial charge in [0.1, 0.15) is 5.75 Å². The van der Waals surface area contributed by atoms with E-state index in [1.54, 1.807) is 0 Å².